The van der Waals surface area contributed by atoms with Gasteiger partial charge in [0.1, 0.15) is 0 Å². The minimum atomic E-state index is -3.80. The largest absolute Gasteiger partial charge is 0.545 e. The maximum Gasteiger partial charge on any atom is 0.255 e. The average molecular weight is 468 g/mol. The lowest BCUT2D eigenvalue weighted by molar-refractivity contribution is -0.255. The molecule has 0 saturated carbocycles. The monoisotopic (exact) mass is 467 g/mol. The topological polar surface area (TPSA) is 116 Å². The molecule has 1 fully saturated rings. The number of rotatable bonds is 5. The van der Waals surface area contributed by atoms with Crippen LogP contribution in [0, 0.1) is 0 Å². The molecule has 0 radical (unpaired) electrons. The molecule has 1 heterocycles. The molecule has 1 N–H and O–H groups in total. The van der Waals surface area contributed by atoms with Crippen molar-refractivity contribution in [2.24, 2.45) is 0 Å². The molecular weight excluding hydrogens is 452 g/mol. The molecule has 0 unspecified atom stereocenters. The number of benzene rings is 2. The van der Waals surface area contributed by atoms with Crippen molar-refractivity contribution in [3.63, 3.8) is 0 Å². The second-order valence-electron chi connectivity index (χ2n) is 5.98. The van der Waals surface area contributed by atoms with E-state index in [9.17, 15) is 23.1 Å². The molecule has 1 amide bonds. The van der Waals surface area contributed by atoms with E-state index < -0.39 is 21.9 Å². The summed E-state index contributed by atoms with van der Waals surface area (Å²) >= 11 is 3.23. The summed E-state index contributed by atoms with van der Waals surface area (Å²) in [6.07, 6.45) is 0. The molecule has 28 heavy (non-hydrogen) atoms. The summed E-state index contributed by atoms with van der Waals surface area (Å²) < 4.78 is 32.6. The van der Waals surface area contributed by atoms with Crippen LogP contribution in [0.15, 0.2) is 51.8 Å². The first-order chi connectivity index (χ1) is 13.3. The lowest BCUT2D eigenvalue weighted by Gasteiger charge is -2.26. The number of halogens is 1. The second-order valence-corrected chi connectivity index (χ2v) is 8.74. The predicted molar refractivity (Wildman–Crippen MR) is 102 cm³/mol. The Morgan fingerprint density at radius 1 is 1.07 bits per heavy atom. The van der Waals surface area contributed by atoms with E-state index >= 15 is 0 Å². The average Bonchev–Trinajstić information content (AvgIpc) is 2.69. The van der Waals surface area contributed by atoms with Gasteiger partial charge < -0.3 is 20.0 Å². The van der Waals surface area contributed by atoms with Gasteiger partial charge >= 0.3 is 0 Å². The molecule has 3 rings (SSSR count). The van der Waals surface area contributed by atoms with E-state index in [-0.39, 0.29) is 34.8 Å². The Labute approximate surface area is 170 Å². The number of nitrogens with zero attached hydrogens (tertiary/aromatic N) is 1. The minimum absolute atomic E-state index is 0.0227. The van der Waals surface area contributed by atoms with Crippen molar-refractivity contribution in [2.75, 3.05) is 31.6 Å². The van der Waals surface area contributed by atoms with Gasteiger partial charge in [-0.15, -0.1) is 0 Å². The molecule has 1 saturated heterocycles. The third-order valence-corrected chi connectivity index (χ3v) is 7.03. The van der Waals surface area contributed by atoms with Crippen LogP contribution in [-0.2, 0) is 14.8 Å². The molecule has 0 bridgehead atoms. The molecule has 0 atom stereocenters. The summed E-state index contributed by atoms with van der Waals surface area (Å²) in [7, 11) is -3.80. The Balaban J connectivity index is 1.87. The predicted octanol–water partition coefficient (Wildman–Crippen LogP) is 1.09. The summed E-state index contributed by atoms with van der Waals surface area (Å²) in [4.78, 5) is 23.5. The number of amides is 1. The summed E-state index contributed by atoms with van der Waals surface area (Å²) in [6.45, 7) is 1.10. The Bertz CT molecular complexity index is 1020. The first-order valence-corrected chi connectivity index (χ1v) is 10.5. The van der Waals surface area contributed by atoms with Gasteiger partial charge in [-0.05, 0) is 51.8 Å². The second kappa shape index (κ2) is 8.39. The van der Waals surface area contributed by atoms with Crippen LogP contribution in [0.2, 0.25) is 0 Å². The van der Waals surface area contributed by atoms with Crippen molar-refractivity contribution in [3.05, 3.63) is 58.1 Å². The van der Waals surface area contributed by atoms with Gasteiger partial charge in [-0.2, -0.15) is 4.31 Å². The highest BCUT2D eigenvalue weighted by molar-refractivity contribution is 9.10. The number of aromatic carboxylic acids is 1. The Hall–Kier alpha value is -2.27. The number of carbonyl (C=O) groups is 2. The molecule has 0 spiro atoms. The summed E-state index contributed by atoms with van der Waals surface area (Å²) in [5, 5.41) is 13.5. The molecular formula is C18H16BrN2O6S-. The number of hydrogen-bond acceptors (Lipinski definition) is 6. The summed E-state index contributed by atoms with van der Waals surface area (Å²) in [5.74, 6) is -1.93. The van der Waals surface area contributed by atoms with Crippen LogP contribution < -0.4 is 10.4 Å². The molecule has 8 nitrogen and oxygen atoms in total. The van der Waals surface area contributed by atoms with Gasteiger partial charge in [0.05, 0.1) is 24.1 Å². The van der Waals surface area contributed by atoms with Crippen molar-refractivity contribution >= 4 is 43.5 Å². The number of sulfonamides is 1. The van der Waals surface area contributed by atoms with Gasteiger partial charge in [0.25, 0.3) is 5.91 Å². The maximum absolute atomic E-state index is 12.9. The molecule has 2 aromatic rings. The fraction of sp³-hybridized carbons (Fsp3) is 0.222. The van der Waals surface area contributed by atoms with Crippen LogP contribution in [0.4, 0.5) is 5.69 Å². The number of nitrogens with one attached hydrogen (secondary N) is 1. The number of hydrogen-bond donors (Lipinski definition) is 1. The lowest BCUT2D eigenvalue weighted by Crippen LogP contribution is -2.40. The van der Waals surface area contributed by atoms with Gasteiger partial charge in [0.15, 0.2) is 0 Å². The van der Waals surface area contributed by atoms with Crippen molar-refractivity contribution in [1.82, 2.24) is 4.31 Å². The Morgan fingerprint density at radius 2 is 1.79 bits per heavy atom. The quantitative estimate of drug-likeness (QED) is 0.703. The van der Waals surface area contributed by atoms with Crippen LogP contribution in [0.25, 0.3) is 0 Å². The number of morpholine rings is 1. The fourth-order valence-corrected chi connectivity index (χ4v) is 5.05. The highest BCUT2D eigenvalue weighted by atomic mass is 79.9. The Kier molecular flexibility index (Phi) is 6.14. The number of carbonyl (C=O) groups excluding carboxylic acids is 2. The zero-order valence-electron chi connectivity index (χ0n) is 14.6. The first-order valence-electron chi connectivity index (χ1n) is 8.29. The van der Waals surface area contributed by atoms with Gasteiger partial charge in [0, 0.05) is 28.8 Å². The molecule has 1 aliphatic rings. The van der Waals surface area contributed by atoms with Crippen molar-refractivity contribution in [3.8, 4) is 0 Å². The summed E-state index contributed by atoms with van der Waals surface area (Å²) in [5.41, 5.74) is 0.297. The minimum Gasteiger partial charge on any atom is -0.545 e. The van der Waals surface area contributed by atoms with Crippen molar-refractivity contribution in [2.45, 2.75) is 4.90 Å². The standard InChI is InChI=1S/C18H17BrN2O6S/c19-15-5-4-12(11-16(15)28(25,26)21-6-8-27-9-7-21)17(22)20-14-3-1-2-13(10-14)18(23)24/h1-5,10-11H,6-9H2,(H,20,22)(H,23,24)/p-1. The van der Waals surface area contributed by atoms with Gasteiger partial charge in [-0.25, -0.2) is 8.42 Å². The van der Waals surface area contributed by atoms with Crippen molar-refractivity contribution in [1.29, 1.82) is 0 Å². The molecule has 1 aliphatic heterocycles. The number of carboxylic acids is 1. The van der Waals surface area contributed by atoms with Gasteiger partial charge in [-0.3, -0.25) is 4.79 Å². The summed E-state index contributed by atoms with van der Waals surface area (Å²) in [6, 6.07) is 9.84. The van der Waals surface area contributed by atoms with E-state index in [1.165, 1.54) is 46.8 Å². The number of anilines is 1. The molecule has 2 aromatic carbocycles. The van der Waals surface area contributed by atoms with Crippen LogP contribution in [0.5, 0.6) is 0 Å². The number of ether oxygens (including phenoxy) is 1. The van der Waals surface area contributed by atoms with Crippen LogP contribution in [-0.4, -0.2) is 50.9 Å². The van der Waals surface area contributed by atoms with Gasteiger partial charge in [0.2, 0.25) is 10.0 Å². The molecule has 0 aliphatic carbocycles. The third-order valence-electron chi connectivity index (χ3n) is 4.14. The highest BCUT2D eigenvalue weighted by Crippen LogP contribution is 2.27. The zero-order valence-corrected chi connectivity index (χ0v) is 17.0. The van der Waals surface area contributed by atoms with Crippen LogP contribution in [0.3, 0.4) is 0 Å². The molecule has 10 heteroatoms. The van der Waals surface area contributed by atoms with E-state index in [2.05, 4.69) is 21.2 Å². The third kappa shape index (κ3) is 4.41. The molecule has 0 aromatic heterocycles. The molecule has 148 valence electrons. The van der Waals surface area contributed by atoms with Crippen LogP contribution in [0.1, 0.15) is 20.7 Å². The van der Waals surface area contributed by atoms with E-state index in [0.29, 0.717) is 17.7 Å². The lowest BCUT2D eigenvalue weighted by atomic mass is 10.1. The van der Waals surface area contributed by atoms with Crippen molar-refractivity contribution < 1.29 is 27.9 Å². The van der Waals surface area contributed by atoms with E-state index in [1.807, 2.05) is 0 Å². The first kappa shape index (κ1) is 20.5. The fourth-order valence-electron chi connectivity index (χ4n) is 2.70. The Morgan fingerprint density at radius 3 is 2.46 bits per heavy atom. The van der Waals surface area contributed by atoms with E-state index in [0.717, 1.165) is 0 Å². The van der Waals surface area contributed by atoms with E-state index in [1.54, 1.807) is 0 Å². The van der Waals surface area contributed by atoms with E-state index in [4.69, 9.17) is 4.74 Å². The SMILES string of the molecule is O=C([O-])c1cccc(NC(=O)c2ccc(Br)c(S(=O)(=O)N3CCOCC3)c2)c1. The normalized spacial score (nSPS) is 15.2. The zero-order chi connectivity index (χ0) is 20.3. The van der Waals surface area contributed by atoms with Crippen LogP contribution >= 0.6 is 15.9 Å². The smallest absolute Gasteiger partial charge is 0.255 e. The van der Waals surface area contributed by atoms with Gasteiger partial charge in [-0.1, -0.05) is 12.1 Å². The number of carboxylic acid groups (broad SMARTS) is 1. The maximum atomic E-state index is 12.9. The highest BCUT2D eigenvalue weighted by Gasteiger charge is 2.29.